The van der Waals surface area contributed by atoms with Crippen LogP contribution in [0, 0.1) is 5.82 Å². The van der Waals surface area contributed by atoms with E-state index in [1.54, 1.807) is 24.3 Å². The second kappa shape index (κ2) is 10.4. The van der Waals surface area contributed by atoms with Crippen molar-refractivity contribution in [2.75, 3.05) is 31.6 Å². The van der Waals surface area contributed by atoms with Crippen LogP contribution in [-0.2, 0) is 4.79 Å². The van der Waals surface area contributed by atoms with Crippen LogP contribution in [0.4, 0.5) is 10.1 Å². The van der Waals surface area contributed by atoms with Crippen molar-refractivity contribution < 1.29 is 14.0 Å². The molecular weight excluding hydrogens is 381 g/mol. The van der Waals surface area contributed by atoms with E-state index in [2.05, 4.69) is 10.6 Å². The number of rotatable bonds is 9. The summed E-state index contributed by atoms with van der Waals surface area (Å²) in [5.41, 5.74) is 1.12. The van der Waals surface area contributed by atoms with Gasteiger partial charge in [0.15, 0.2) is 0 Å². The number of amides is 2. The fourth-order valence-electron chi connectivity index (χ4n) is 3.24. The first-order chi connectivity index (χ1) is 14.5. The molecule has 0 heterocycles. The quantitative estimate of drug-likeness (QED) is 0.531. The van der Waals surface area contributed by atoms with Crippen molar-refractivity contribution in [1.82, 2.24) is 10.6 Å². The molecule has 0 aliphatic rings. The Morgan fingerprint density at radius 2 is 1.63 bits per heavy atom. The molecule has 2 N–H and O–H groups in total. The van der Waals surface area contributed by atoms with Gasteiger partial charge in [0.2, 0.25) is 5.91 Å². The van der Waals surface area contributed by atoms with Crippen molar-refractivity contribution >= 4 is 28.3 Å². The molecule has 30 heavy (non-hydrogen) atoms. The van der Waals surface area contributed by atoms with E-state index in [1.165, 1.54) is 6.07 Å². The van der Waals surface area contributed by atoms with E-state index in [1.807, 2.05) is 48.3 Å². The molecule has 0 radical (unpaired) electrons. The van der Waals surface area contributed by atoms with Crippen molar-refractivity contribution in [1.29, 1.82) is 0 Å². The third-order valence-electron chi connectivity index (χ3n) is 4.91. The Bertz CT molecular complexity index is 1020. The largest absolute Gasteiger partial charge is 0.372 e. The van der Waals surface area contributed by atoms with Crippen molar-refractivity contribution in [2.45, 2.75) is 12.8 Å². The van der Waals surface area contributed by atoms with Crippen LogP contribution in [0.2, 0.25) is 0 Å². The number of hydrogen-bond donors (Lipinski definition) is 2. The molecule has 0 atom stereocenters. The SMILES string of the molecule is CN(CCCNC(=O)CCNC(=O)c1ccc2ccccc2c1)c1ccccc1F. The van der Waals surface area contributed by atoms with Crippen LogP contribution in [0.1, 0.15) is 23.2 Å². The van der Waals surface area contributed by atoms with E-state index in [-0.39, 0.29) is 30.6 Å². The van der Waals surface area contributed by atoms with Crippen LogP contribution in [0.5, 0.6) is 0 Å². The zero-order valence-electron chi connectivity index (χ0n) is 17.0. The third kappa shape index (κ3) is 5.80. The van der Waals surface area contributed by atoms with Gasteiger partial charge in [0.25, 0.3) is 5.91 Å². The maximum Gasteiger partial charge on any atom is 0.251 e. The lowest BCUT2D eigenvalue weighted by Crippen LogP contribution is -2.32. The number of hydrogen-bond acceptors (Lipinski definition) is 3. The molecule has 5 nitrogen and oxygen atoms in total. The minimum absolute atomic E-state index is 0.123. The third-order valence-corrected chi connectivity index (χ3v) is 4.91. The zero-order chi connectivity index (χ0) is 21.3. The summed E-state index contributed by atoms with van der Waals surface area (Å²) in [5.74, 6) is -0.575. The van der Waals surface area contributed by atoms with Crippen LogP contribution < -0.4 is 15.5 Å². The van der Waals surface area contributed by atoms with Gasteiger partial charge in [-0.3, -0.25) is 9.59 Å². The van der Waals surface area contributed by atoms with Crippen molar-refractivity contribution in [3.8, 4) is 0 Å². The van der Waals surface area contributed by atoms with Crippen LogP contribution in [0.15, 0.2) is 66.7 Å². The smallest absolute Gasteiger partial charge is 0.251 e. The van der Waals surface area contributed by atoms with E-state index in [9.17, 15) is 14.0 Å². The van der Waals surface area contributed by atoms with Crippen LogP contribution in [-0.4, -0.2) is 38.5 Å². The maximum absolute atomic E-state index is 13.7. The minimum atomic E-state index is -0.258. The average molecular weight is 407 g/mol. The Morgan fingerprint density at radius 3 is 2.43 bits per heavy atom. The molecule has 0 aliphatic heterocycles. The summed E-state index contributed by atoms with van der Waals surface area (Å²) in [5, 5.41) is 7.69. The van der Waals surface area contributed by atoms with E-state index in [0.717, 1.165) is 10.8 Å². The monoisotopic (exact) mass is 407 g/mol. The van der Waals surface area contributed by atoms with Crippen LogP contribution >= 0.6 is 0 Å². The highest BCUT2D eigenvalue weighted by Gasteiger charge is 2.09. The zero-order valence-corrected chi connectivity index (χ0v) is 17.0. The Morgan fingerprint density at radius 1 is 0.900 bits per heavy atom. The molecular formula is C24H26FN3O2. The van der Waals surface area contributed by atoms with Gasteiger partial charge in [0.1, 0.15) is 5.82 Å². The van der Waals surface area contributed by atoms with Crippen LogP contribution in [0.25, 0.3) is 10.8 Å². The summed E-state index contributed by atoms with van der Waals surface area (Å²) in [7, 11) is 1.82. The summed E-state index contributed by atoms with van der Waals surface area (Å²) < 4.78 is 13.7. The van der Waals surface area contributed by atoms with E-state index in [0.29, 0.717) is 30.8 Å². The van der Waals surface area contributed by atoms with Gasteiger partial charge < -0.3 is 15.5 Å². The maximum atomic E-state index is 13.7. The summed E-state index contributed by atoms with van der Waals surface area (Å²) in [4.78, 5) is 26.1. The fraction of sp³-hybridized carbons (Fsp3) is 0.250. The van der Waals surface area contributed by atoms with Gasteiger partial charge in [-0.25, -0.2) is 4.39 Å². The molecule has 3 aromatic rings. The highest BCUT2D eigenvalue weighted by atomic mass is 19.1. The van der Waals surface area contributed by atoms with Crippen molar-refractivity contribution in [3.05, 3.63) is 78.1 Å². The molecule has 0 spiro atoms. The predicted molar refractivity (Wildman–Crippen MR) is 118 cm³/mol. The first-order valence-electron chi connectivity index (χ1n) is 10.0. The summed E-state index contributed by atoms with van der Waals surface area (Å²) in [6.45, 7) is 1.39. The molecule has 156 valence electrons. The number of nitrogens with zero attached hydrogens (tertiary/aromatic N) is 1. The number of fused-ring (bicyclic) bond motifs is 1. The summed E-state index contributed by atoms with van der Waals surface area (Å²) in [6, 6.07) is 20.0. The number of para-hydroxylation sites is 1. The number of halogens is 1. The lowest BCUT2D eigenvalue weighted by atomic mass is 10.1. The van der Waals surface area contributed by atoms with Gasteiger partial charge >= 0.3 is 0 Å². The Balaban J connectivity index is 1.34. The normalized spacial score (nSPS) is 10.6. The second-order valence-electron chi connectivity index (χ2n) is 7.14. The van der Waals surface area contributed by atoms with Gasteiger partial charge in [-0.2, -0.15) is 0 Å². The Kier molecular flexibility index (Phi) is 7.38. The Labute approximate surface area is 175 Å². The van der Waals surface area contributed by atoms with Crippen molar-refractivity contribution in [3.63, 3.8) is 0 Å². The summed E-state index contributed by atoms with van der Waals surface area (Å²) in [6.07, 6.45) is 0.905. The fourth-order valence-corrected chi connectivity index (χ4v) is 3.24. The molecule has 0 aliphatic carbocycles. The van der Waals surface area contributed by atoms with Crippen LogP contribution in [0.3, 0.4) is 0 Å². The van der Waals surface area contributed by atoms with Gasteiger partial charge in [0, 0.05) is 38.7 Å². The highest BCUT2D eigenvalue weighted by Crippen LogP contribution is 2.17. The number of benzene rings is 3. The molecule has 0 fully saturated rings. The number of carbonyl (C=O) groups is 2. The molecule has 0 saturated heterocycles. The van der Waals surface area contributed by atoms with Gasteiger partial charge in [-0.15, -0.1) is 0 Å². The first-order valence-corrected chi connectivity index (χ1v) is 10.0. The predicted octanol–water partition coefficient (Wildman–Crippen LogP) is 3.74. The van der Waals surface area contributed by atoms with E-state index >= 15 is 0 Å². The first kappa shape index (κ1) is 21.3. The molecule has 0 saturated carbocycles. The van der Waals surface area contributed by atoms with Gasteiger partial charge in [0.05, 0.1) is 5.69 Å². The standard InChI is InChI=1S/C24H26FN3O2/c1-28(22-10-5-4-9-21(22)25)16-6-14-26-23(29)13-15-27-24(30)20-12-11-18-7-2-3-8-19(18)17-20/h2-5,7-12,17H,6,13-16H2,1H3,(H,26,29)(H,27,30). The number of nitrogens with one attached hydrogen (secondary N) is 2. The van der Waals surface area contributed by atoms with E-state index in [4.69, 9.17) is 0 Å². The number of carbonyl (C=O) groups excluding carboxylic acids is 2. The summed E-state index contributed by atoms with van der Waals surface area (Å²) >= 11 is 0. The molecule has 0 unspecified atom stereocenters. The Hall–Kier alpha value is -3.41. The lowest BCUT2D eigenvalue weighted by Gasteiger charge is -2.19. The number of anilines is 1. The van der Waals surface area contributed by atoms with Crippen molar-refractivity contribution in [2.24, 2.45) is 0 Å². The molecule has 3 rings (SSSR count). The lowest BCUT2D eigenvalue weighted by molar-refractivity contribution is -0.120. The highest BCUT2D eigenvalue weighted by molar-refractivity contribution is 5.98. The van der Waals surface area contributed by atoms with Gasteiger partial charge in [-0.05, 0) is 41.5 Å². The molecule has 3 aromatic carbocycles. The molecule has 2 amide bonds. The van der Waals surface area contributed by atoms with E-state index < -0.39 is 0 Å². The minimum Gasteiger partial charge on any atom is -0.372 e. The second-order valence-corrected chi connectivity index (χ2v) is 7.14. The molecule has 0 aromatic heterocycles. The average Bonchev–Trinajstić information content (AvgIpc) is 2.76. The molecule has 0 bridgehead atoms. The van der Waals surface area contributed by atoms with Gasteiger partial charge in [-0.1, -0.05) is 42.5 Å². The molecule has 6 heteroatoms. The topological polar surface area (TPSA) is 61.4 Å².